The number of oxime groups is 1. The molecule has 0 radical (unpaired) electrons. The molecule has 0 atom stereocenters. The Bertz CT molecular complexity index is 682. The van der Waals surface area contributed by atoms with Crippen molar-refractivity contribution in [3.8, 4) is 11.5 Å². The van der Waals surface area contributed by atoms with Gasteiger partial charge < -0.3 is 14.3 Å². The first-order valence-corrected chi connectivity index (χ1v) is 11.3. The molecule has 0 unspecified atom stereocenters. The van der Waals surface area contributed by atoms with Crippen LogP contribution < -0.4 is 9.47 Å². The zero-order chi connectivity index (χ0) is 21.6. The lowest BCUT2D eigenvalue weighted by molar-refractivity contribution is 0.139. The lowest BCUT2D eigenvalue weighted by atomic mass is 10.0. The molecule has 7 heteroatoms. The van der Waals surface area contributed by atoms with E-state index in [0.717, 1.165) is 61.1 Å². The van der Waals surface area contributed by atoms with Crippen molar-refractivity contribution in [2.75, 3.05) is 19.8 Å². The molecule has 0 aliphatic carbocycles. The van der Waals surface area contributed by atoms with Crippen LogP contribution in [-0.2, 0) is 17.7 Å². The fourth-order valence-electron chi connectivity index (χ4n) is 2.76. The number of benzene rings is 1. The molecule has 0 aliphatic heterocycles. The third kappa shape index (κ3) is 9.97. The van der Waals surface area contributed by atoms with E-state index in [0.29, 0.717) is 24.0 Å². The fourth-order valence-corrected chi connectivity index (χ4v) is 3.21. The molecule has 29 heavy (non-hydrogen) atoms. The van der Waals surface area contributed by atoms with Gasteiger partial charge >= 0.3 is 0 Å². The number of nitrogens with zero attached hydrogens (tertiary/aromatic N) is 1. The minimum Gasteiger partial charge on any atom is -0.493 e. The first kappa shape index (κ1) is 25.9. The highest BCUT2D eigenvalue weighted by Crippen LogP contribution is 2.39. The first-order valence-electron chi connectivity index (χ1n) is 10.1. The number of hydrogen-bond donors (Lipinski definition) is 0. The Morgan fingerprint density at radius 3 is 2.28 bits per heavy atom. The van der Waals surface area contributed by atoms with Crippen LogP contribution in [0.15, 0.2) is 21.8 Å². The summed E-state index contributed by atoms with van der Waals surface area (Å²) >= 11 is 17.9. The summed E-state index contributed by atoms with van der Waals surface area (Å²) in [7, 11) is 0. The van der Waals surface area contributed by atoms with Gasteiger partial charge in [0.1, 0.15) is 29.2 Å². The van der Waals surface area contributed by atoms with Crippen LogP contribution in [-0.4, -0.2) is 25.5 Å². The van der Waals surface area contributed by atoms with Gasteiger partial charge in [-0.2, -0.15) is 0 Å². The Morgan fingerprint density at radius 1 is 1.00 bits per heavy atom. The van der Waals surface area contributed by atoms with Crippen molar-refractivity contribution < 1.29 is 14.3 Å². The van der Waals surface area contributed by atoms with Crippen molar-refractivity contribution in [1.29, 1.82) is 0 Å². The number of aryl methyl sites for hydroxylation is 1. The molecular formula is C22H32Cl3NO3. The highest BCUT2D eigenvalue weighted by molar-refractivity contribution is 6.55. The van der Waals surface area contributed by atoms with Gasteiger partial charge in [-0.3, -0.25) is 0 Å². The highest BCUT2D eigenvalue weighted by atomic mass is 35.5. The third-order valence-corrected chi connectivity index (χ3v) is 4.91. The summed E-state index contributed by atoms with van der Waals surface area (Å²) < 4.78 is 12.1. The van der Waals surface area contributed by atoms with E-state index >= 15 is 0 Å². The number of ether oxygens (including phenoxy) is 2. The number of halogens is 3. The maximum absolute atomic E-state index is 6.58. The Labute approximate surface area is 190 Å². The van der Waals surface area contributed by atoms with Crippen molar-refractivity contribution in [3.05, 3.63) is 32.8 Å². The Hall–Kier alpha value is -1.10. The van der Waals surface area contributed by atoms with Crippen LogP contribution in [0.25, 0.3) is 0 Å². The van der Waals surface area contributed by atoms with Crippen molar-refractivity contribution in [2.45, 2.75) is 66.2 Å². The minimum absolute atomic E-state index is 0.173. The summed E-state index contributed by atoms with van der Waals surface area (Å²) in [5.41, 5.74) is 3.00. The van der Waals surface area contributed by atoms with Crippen LogP contribution in [0, 0.1) is 0 Å². The molecular weight excluding hydrogens is 433 g/mol. The molecule has 1 aromatic rings. The molecule has 0 heterocycles. The quantitative estimate of drug-likeness (QED) is 0.162. The SMILES string of the molecule is CCc1cc(OCC=C(Cl)Cl)c(Cl)c(CC)c1OCCCCCCON=C(C)C. The van der Waals surface area contributed by atoms with E-state index in [1.165, 1.54) is 0 Å². The van der Waals surface area contributed by atoms with E-state index in [1.54, 1.807) is 6.08 Å². The van der Waals surface area contributed by atoms with Gasteiger partial charge in [0.25, 0.3) is 0 Å². The van der Waals surface area contributed by atoms with E-state index in [9.17, 15) is 0 Å². The summed E-state index contributed by atoms with van der Waals surface area (Å²) in [6.07, 6.45) is 7.33. The summed E-state index contributed by atoms with van der Waals surface area (Å²) in [6.45, 7) is 9.58. The largest absolute Gasteiger partial charge is 0.493 e. The van der Waals surface area contributed by atoms with Crippen molar-refractivity contribution in [2.24, 2.45) is 5.16 Å². The topological polar surface area (TPSA) is 40.0 Å². The fraction of sp³-hybridized carbons (Fsp3) is 0.591. The Balaban J connectivity index is 2.60. The average Bonchev–Trinajstić information content (AvgIpc) is 2.67. The van der Waals surface area contributed by atoms with Crippen molar-refractivity contribution in [1.82, 2.24) is 0 Å². The smallest absolute Gasteiger partial charge is 0.139 e. The molecule has 0 spiro atoms. The predicted molar refractivity (Wildman–Crippen MR) is 124 cm³/mol. The molecule has 0 aliphatic rings. The zero-order valence-corrected chi connectivity index (χ0v) is 20.1. The molecule has 0 bridgehead atoms. The van der Waals surface area contributed by atoms with Crippen LogP contribution >= 0.6 is 34.8 Å². The van der Waals surface area contributed by atoms with Gasteiger partial charge in [-0.25, -0.2) is 0 Å². The molecule has 164 valence electrons. The van der Waals surface area contributed by atoms with Gasteiger partial charge in [-0.05, 0) is 70.1 Å². The molecule has 0 N–H and O–H groups in total. The van der Waals surface area contributed by atoms with Gasteiger partial charge in [0.05, 0.1) is 17.3 Å². The molecule has 0 fully saturated rings. The first-order chi connectivity index (χ1) is 13.9. The van der Waals surface area contributed by atoms with Crippen LogP contribution in [0.1, 0.15) is 64.5 Å². The maximum Gasteiger partial charge on any atom is 0.139 e. The molecule has 4 nitrogen and oxygen atoms in total. The minimum atomic E-state index is 0.173. The normalized spacial score (nSPS) is 10.4. The highest BCUT2D eigenvalue weighted by Gasteiger charge is 2.17. The van der Waals surface area contributed by atoms with E-state index in [1.807, 2.05) is 19.9 Å². The summed E-state index contributed by atoms with van der Waals surface area (Å²) in [4.78, 5) is 5.21. The van der Waals surface area contributed by atoms with Gasteiger partial charge in [-0.1, -0.05) is 53.8 Å². The lowest BCUT2D eigenvalue weighted by Crippen LogP contribution is -2.06. The van der Waals surface area contributed by atoms with Crippen LogP contribution in [0.4, 0.5) is 0 Å². The number of hydrogen-bond acceptors (Lipinski definition) is 4. The average molecular weight is 465 g/mol. The standard InChI is InChI=1S/C22H32Cl3NO3/c1-5-17-15-19(27-14-11-20(23)24)21(25)18(6-2)22(17)28-12-9-7-8-10-13-29-26-16(3)4/h11,15H,5-10,12-14H2,1-4H3. The summed E-state index contributed by atoms with van der Waals surface area (Å²) in [5.74, 6) is 1.51. The van der Waals surface area contributed by atoms with Crippen LogP contribution in [0.5, 0.6) is 11.5 Å². The van der Waals surface area contributed by atoms with Crippen LogP contribution in [0.3, 0.4) is 0 Å². The zero-order valence-electron chi connectivity index (χ0n) is 17.8. The second-order valence-corrected chi connectivity index (χ2v) is 8.19. The Kier molecular flexibility index (Phi) is 13.2. The molecule has 0 saturated carbocycles. The molecule has 0 amide bonds. The van der Waals surface area contributed by atoms with E-state index in [-0.39, 0.29) is 11.1 Å². The van der Waals surface area contributed by atoms with Crippen molar-refractivity contribution in [3.63, 3.8) is 0 Å². The Morgan fingerprint density at radius 2 is 1.69 bits per heavy atom. The number of rotatable bonds is 14. The summed E-state index contributed by atoms with van der Waals surface area (Å²) in [6, 6.07) is 1.94. The van der Waals surface area contributed by atoms with Crippen molar-refractivity contribution >= 4 is 40.5 Å². The maximum atomic E-state index is 6.58. The van der Waals surface area contributed by atoms with E-state index in [4.69, 9.17) is 49.1 Å². The predicted octanol–water partition coefficient (Wildman–Crippen LogP) is 7.51. The molecule has 0 saturated heterocycles. The van der Waals surface area contributed by atoms with E-state index < -0.39 is 0 Å². The van der Waals surface area contributed by atoms with Gasteiger partial charge in [0.15, 0.2) is 0 Å². The summed E-state index contributed by atoms with van der Waals surface area (Å²) in [5, 5.41) is 4.52. The monoisotopic (exact) mass is 463 g/mol. The van der Waals surface area contributed by atoms with Gasteiger partial charge in [-0.15, -0.1) is 0 Å². The molecule has 1 aromatic carbocycles. The van der Waals surface area contributed by atoms with Gasteiger partial charge in [0, 0.05) is 5.56 Å². The lowest BCUT2D eigenvalue weighted by Gasteiger charge is -2.19. The second kappa shape index (κ2) is 14.8. The van der Waals surface area contributed by atoms with Gasteiger partial charge in [0.2, 0.25) is 0 Å². The molecule has 1 rings (SSSR count). The van der Waals surface area contributed by atoms with Crippen LogP contribution in [0.2, 0.25) is 5.02 Å². The second-order valence-electron chi connectivity index (χ2n) is 6.80. The molecule has 0 aromatic heterocycles. The third-order valence-electron chi connectivity index (χ3n) is 4.19. The van der Waals surface area contributed by atoms with E-state index in [2.05, 4.69) is 19.0 Å². The number of unbranched alkanes of at least 4 members (excludes halogenated alkanes) is 3.